The first kappa shape index (κ1) is 15.0. The fourth-order valence-corrected chi connectivity index (χ4v) is 3.20. The number of hydrogen-bond acceptors (Lipinski definition) is 2. The molecule has 1 aliphatic rings. The Bertz CT molecular complexity index is 183. The van der Waals surface area contributed by atoms with E-state index in [9.17, 15) is 0 Å². The maximum atomic E-state index is 3.79. The normalized spacial score (nSPS) is 24.9. The van der Waals surface area contributed by atoms with Gasteiger partial charge in [0.05, 0.1) is 0 Å². The van der Waals surface area contributed by atoms with Crippen molar-refractivity contribution in [1.29, 1.82) is 0 Å². The summed E-state index contributed by atoms with van der Waals surface area (Å²) in [6.07, 6.45) is 8.00. The Kier molecular flexibility index (Phi) is 7.14. The molecule has 0 aromatic heterocycles. The van der Waals surface area contributed by atoms with E-state index in [2.05, 4.69) is 38.3 Å². The Hall–Kier alpha value is -0.0800. The van der Waals surface area contributed by atoms with Crippen molar-refractivity contribution < 1.29 is 0 Å². The molecule has 2 nitrogen and oxygen atoms in total. The molecule has 102 valence electrons. The van der Waals surface area contributed by atoms with Gasteiger partial charge in [0.2, 0.25) is 0 Å². The zero-order valence-corrected chi connectivity index (χ0v) is 12.3. The van der Waals surface area contributed by atoms with Crippen LogP contribution < -0.4 is 10.6 Å². The first-order chi connectivity index (χ1) is 8.17. The van der Waals surface area contributed by atoms with E-state index in [0.29, 0.717) is 12.1 Å². The lowest BCUT2D eigenvalue weighted by molar-refractivity contribution is 0.290. The van der Waals surface area contributed by atoms with Gasteiger partial charge in [-0.15, -0.1) is 0 Å². The second-order valence-electron chi connectivity index (χ2n) is 5.82. The monoisotopic (exact) mass is 240 g/mol. The molecule has 1 fully saturated rings. The quantitative estimate of drug-likeness (QED) is 0.713. The van der Waals surface area contributed by atoms with E-state index >= 15 is 0 Å². The Morgan fingerprint density at radius 2 is 1.88 bits per heavy atom. The van der Waals surface area contributed by atoms with Crippen molar-refractivity contribution in [3.63, 3.8) is 0 Å². The molecule has 2 heteroatoms. The number of hydrogen-bond donors (Lipinski definition) is 2. The molecule has 1 aliphatic heterocycles. The summed E-state index contributed by atoms with van der Waals surface area (Å²) in [5, 5.41) is 7.43. The van der Waals surface area contributed by atoms with Crippen LogP contribution in [0.25, 0.3) is 0 Å². The Morgan fingerprint density at radius 1 is 1.18 bits per heavy atom. The van der Waals surface area contributed by atoms with Crippen LogP contribution in [0.4, 0.5) is 0 Å². The molecule has 2 N–H and O–H groups in total. The summed E-state index contributed by atoms with van der Waals surface area (Å²) < 4.78 is 0. The maximum Gasteiger partial charge on any atom is 0.00817 e. The van der Waals surface area contributed by atoms with Crippen molar-refractivity contribution in [2.24, 2.45) is 5.92 Å². The minimum Gasteiger partial charge on any atom is -0.314 e. The van der Waals surface area contributed by atoms with Gasteiger partial charge in [-0.3, -0.25) is 0 Å². The van der Waals surface area contributed by atoms with Crippen LogP contribution in [0.1, 0.15) is 66.2 Å². The molecule has 0 amide bonds. The summed E-state index contributed by atoms with van der Waals surface area (Å²) in [5.41, 5.74) is 0. The molecular formula is C15H32N2. The highest BCUT2D eigenvalue weighted by atomic mass is 15.0. The molecule has 1 saturated heterocycles. The second kappa shape index (κ2) is 8.10. The van der Waals surface area contributed by atoms with E-state index in [-0.39, 0.29) is 0 Å². The van der Waals surface area contributed by atoms with Gasteiger partial charge in [-0.1, -0.05) is 33.1 Å². The van der Waals surface area contributed by atoms with Gasteiger partial charge in [0.1, 0.15) is 0 Å². The highest BCUT2D eigenvalue weighted by molar-refractivity contribution is 4.80. The lowest BCUT2D eigenvalue weighted by Crippen LogP contribution is -2.44. The third-order valence-corrected chi connectivity index (χ3v) is 4.35. The Morgan fingerprint density at radius 3 is 2.41 bits per heavy atom. The standard InChI is InChI=1S/C15H32N2/c1-5-14(6-2)13(4)17-12(3)11-15-9-7-8-10-16-15/h12-17H,5-11H2,1-4H3. The SMILES string of the molecule is CCC(CC)C(C)NC(C)CC1CCCCN1. The topological polar surface area (TPSA) is 24.1 Å². The molecule has 1 rings (SSSR count). The van der Waals surface area contributed by atoms with Gasteiger partial charge in [0.15, 0.2) is 0 Å². The molecule has 1 heterocycles. The highest BCUT2D eigenvalue weighted by Gasteiger charge is 2.19. The van der Waals surface area contributed by atoms with Crippen LogP contribution in [0.2, 0.25) is 0 Å². The van der Waals surface area contributed by atoms with Crippen molar-refractivity contribution in [3.05, 3.63) is 0 Å². The summed E-state index contributed by atoms with van der Waals surface area (Å²) in [6.45, 7) is 10.5. The van der Waals surface area contributed by atoms with E-state index in [1.54, 1.807) is 0 Å². The van der Waals surface area contributed by atoms with Crippen LogP contribution in [0.5, 0.6) is 0 Å². The van der Waals surface area contributed by atoms with Gasteiger partial charge in [-0.05, 0) is 45.6 Å². The molecular weight excluding hydrogens is 208 g/mol. The zero-order chi connectivity index (χ0) is 12.7. The minimum atomic E-state index is 0.640. The molecule has 3 atom stereocenters. The lowest BCUT2D eigenvalue weighted by Gasteiger charge is -2.30. The highest BCUT2D eigenvalue weighted by Crippen LogP contribution is 2.16. The number of piperidine rings is 1. The lowest BCUT2D eigenvalue weighted by atomic mass is 9.93. The van der Waals surface area contributed by atoms with E-state index in [1.807, 2.05) is 0 Å². The van der Waals surface area contributed by atoms with Crippen LogP contribution in [0.3, 0.4) is 0 Å². The van der Waals surface area contributed by atoms with Crippen LogP contribution in [0.15, 0.2) is 0 Å². The Labute approximate surface area is 108 Å². The third kappa shape index (κ3) is 5.39. The molecule has 0 aliphatic carbocycles. The predicted molar refractivity (Wildman–Crippen MR) is 76.4 cm³/mol. The van der Waals surface area contributed by atoms with E-state index in [1.165, 1.54) is 45.1 Å². The molecule has 0 radical (unpaired) electrons. The van der Waals surface area contributed by atoms with Crippen molar-refractivity contribution in [2.75, 3.05) is 6.54 Å². The minimum absolute atomic E-state index is 0.640. The van der Waals surface area contributed by atoms with Crippen LogP contribution in [-0.4, -0.2) is 24.7 Å². The smallest absolute Gasteiger partial charge is 0.00817 e. The molecule has 0 aromatic rings. The molecule has 0 spiro atoms. The van der Waals surface area contributed by atoms with E-state index < -0.39 is 0 Å². The first-order valence-corrected chi connectivity index (χ1v) is 7.66. The van der Waals surface area contributed by atoms with E-state index in [4.69, 9.17) is 0 Å². The summed E-state index contributed by atoms with van der Waals surface area (Å²) in [6, 6.07) is 2.05. The van der Waals surface area contributed by atoms with Gasteiger partial charge >= 0.3 is 0 Å². The number of rotatable bonds is 7. The van der Waals surface area contributed by atoms with E-state index in [0.717, 1.165) is 12.0 Å². The van der Waals surface area contributed by atoms with Gasteiger partial charge in [0, 0.05) is 18.1 Å². The third-order valence-electron chi connectivity index (χ3n) is 4.35. The Balaban J connectivity index is 2.24. The average molecular weight is 240 g/mol. The summed E-state index contributed by atoms with van der Waals surface area (Å²) in [7, 11) is 0. The molecule has 0 saturated carbocycles. The zero-order valence-electron chi connectivity index (χ0n) is 12.3. The van der Waals surface area contributed by atoms with Crippen LogP contribution in [0, 0.1) is 5.92 Å². The molecule has 3 unspecified atom stereocenters. The second-order valence-corrected chi connectivity index (χ2v) is 5.82. The summed E-state index contributed by atoms with van der Waals surface area (Å²) in [5.74, 6) is 0.830. The van der Waals surface area contributed by atoms with Crippen LogP contribution >= 0.6 is 0 Å². The summed E-state index contributed by atoms with van der Waals surface area (Å²) in [4.78, 5) is 0. The van der Waals surface area contributed by atoms with Crippen LogP contribution in [-0.2, 0) is 0 Å². The maximum absolute atomic E-state index is 3.79. The van der Waals surface area contributed by atoms with Crippen molar-refractivity contribution >= 4 is 0 Å². The van der Waals surface area contributed by atoms with Crippen molar-refractivity contribution in [3.8, 4) is 0 Å². The molecule has 17 heavy (non-hydrogen) atoms. The molecule has 0 aromatic carbocycles. The van der Waals surface area contributed by atoms with Gasteiger partial charge in [-0.2, -0.15) is 0 Å². The van der Waals surface area contributed by atoms with Crippen molar-refractivity contribution in [1.82, 2.24) is 10.6 Å². The molecule has 0 bridgehead atoms. The largest absolute Gasteiger partial charge is 0.314 e. The number of nitrogens with one attached hydrogen (secondary N) is 2. The summed E-state index contributed by atoms with van der Waals surface area (Å²) >= 11 is 0. The predicted octanol–water partition coefficient (Wildman–Crippen LogP) is 3.32. The van der Waals surface area contributed by atoms with Gasteiger partial charge in [0.25, 0.3) is 0 Å². The fourth-order valence-electron chi connectivity index (χ4n) is 3.20. The van der Waals surface area contributed by atoms with Gasteiger partial charge < -0.3 is 10.6 Å². The average Bonchev–Trinajstić information content (AvgIpc) is 2.31. The van der Waals surface area contributed by atoms with Gasteiger partial charge in [-0.25, -0.2) is 0 Å². The van der Waals surface area contributed by atoms with Crippen molar-refractivity contribution in [2.45, 2.75) is 84.3 Å². The first-order valence-electron chi connectivity index (χ1n) is 7.66. The fraction of sp³-hybridized carbons (Fsp3) is 1.00.